The minimum absolute atomic E-state index is 0.0246. The number of thioether (sulfide) groups is 2. The van der Waals surface area contributed by atoms with Crippen LogP contribution in [-0.4, -0.2) is 59.0 Å². The summed E-state index contributed by atoms with van der Waals surface area (Å²) in [6.07, 6.45) is 10.7. The summed E-state index contributed by atoms with van der Waals surface area (Å²) in [5, 5.41) is -4.35. The normalized spacial score (nSPS) is 40.6. The molecule has 0 aromatic rings. The maximum atomic E-state index is 13.7. The molecule has 12 heteroatoms. The van der Waals surface area contributed by atoms with Gasteiger partial charge in [-0.1, -0.05) is 32.6 Å². The number of alkyl halides is 2. The fourth-order valence-electron chi connectivity index (χ4n) is 8.33. The summed E-state index contributed by atoms with van der Waals surface area (Å²) in [5.74, 6) is 1.71. The first-order valence-corrected chi connectivity index (χ1v) is 17.7. The molecule has 0 amide bonds. The fraction of sp³-hybridized carbons (Fsp3) is 0.926. The largest absolute Gasteiger partial charge is 0.464 e. The molecule has 5 fully saturated rings. The van der Waals surface area contributed by atoms with Gasteiger partial charge in [0.1, 0.15) is 6.61 Å². The summed E-state index contributed by atoms with van der Waals surface area (Å²) in [6, 6.07) is 0. The third-order valence-electron chi connectivity index (χ3n) is 9.83. The van der Waals surface area contributed by atoms with Crippen LogP contribution in [0.15, 0.2) is 0 Å². The van der Waals surface area contributed by atoms with E-state index in [-0.39, 0.29) is 33.1 Å². The monoisotopic (exact) mass is 610 g/mol. The number of ether oxygens (including phenoxy) is 2. The first kappa shape index (κ1) is 29.9. The second-order valence-corrected chi connectivity index (χ2v) is 17.4. The highest BCUT2D eigenvalue weighted by molar-refractivity contribution is 8.20. The van der Waals surface area contributed by atoms with Crippen LogP contribution < -0.4 is 0 Å². The molecule has 0 aromatic carbocycles. The van der Waals surface area contributed by atoms with Gasteiger partial charge in [0.2, 0.25) is 0 Å². The summed E-state index contributed by atoms with van der Waals surface area (Å²) in [4.78, 5) is 26.3. The van der Waals surface area contributed by atoms with Crippen molar-refractivity contribution in [2.45, 2.75) is 99.1 Å². The molecule has 1 saturated heterocycles. The summed E-state index contributed by atoms with van der Waals surface area (Å²) in [5.41, 5.74) is -1.21. The molecule has 7 nitrogen and oxygen atoms in total. The van der Waals surface area contributed by atoms with Gasteiger partial charge in [-0.3, -0.25) is 14.1 Å². The summed E-state index contributed by atoms with van der Waals surface area (Å²) in [6.45, 7) is 0.959. The number of fused-ring (bicyclic) bond motifs is 4. The van der Waals surface area contributed by atoms with E-state index in [9.17, 15) is 26.8 Å². The molecule has 5 aliphatic rings. The molecule has 1 N–H and O–H groups in total. The molecule has 1 aliphatic heterocycles. The molecule has 222 valence electrons. The van der Waals surface area contributed by atoms with E-state index in [0.29, 0.717) is 37.7 Å². The Kier molecular flexibility index (Phi) is 8.62. The topological polar surface area (TPSA) is 107 Å². The predicted octanol–water partition coefficient (Wildman–Crippen LogP) is 5.92. The maximum Gasteiger partial charge on any atom is 0.402 e. The minimum atomic E-state index is -5.66. The highest BCUT2D eigenvalue weighted by Gasteiger charge is 2.54. The molecule has 39 heavy (non-hydrogen) atoms. The molecule has 0 spiro atoms. The van der Waals surface area contributed by atoms with Crippen LogP contribution >= 0.6 is 23.5 Å². The third kappa shape index (κ3) is 6.28. The van der Waals surface area contributed by atoms with Gasteiger partial charge < -0.3 is 9.47 Å². The first-order valence-electron chi connectivity index (χ1n) is 14.3. The Morgan fingerprint density at radius 2 is 1.59 bits per heavy atom. The minimum Gasteiger partial charge on any atom is -0.464 e. The molecule has 8 atom stereocenters. The van der Waals surface area contributed by atoms with Crippen molar-refractivity contribution >= 4 is 45.6 Å². The van der Waals surface area contributed by atoms with Gasteiger partial charge in [-0.25, -0.2) is 0 Å². The number of carbonyl (C=O) groups excluding carboxylic acids is 2. The van der Waals surface area contributed by atoms with E-state index in [4.69, 9.17) is 14.0 Å². The Balaban J connectivity index is 1.16. The van der Waals surface area contributed by atoms with E-state index >= 15 is 0 Å². The standard InChI is InChI=1S/C27H40F2O7S3/c1-17-8-18-4-2-6-25(10-17,11-18)23(30)35-14-21-15-37-22(38-21)20-9-19-5-3-7-26(12-19,13-20)24(31)36-16-27(28,29)39(32,33)34/h17-22H,2-16H2,1H3,(H,32,33,34). The maximum absolute atomic E-state index is 13.7. The van der Waals surface area contributed by atoms with Crippen LogP contribution in [0.1, 0.15) is 84.0 Å². The molecule has 4 aliphatic carbocycles. The zero-order valence-electron chi connectivity index (χ0n) is 22.4. The predicted molar refractivity (Wildman–Crippen MR) is 146 cm³/mol. The molecular formula is C27H40F2O7S3. The van der Waals surface area contributed by atoms with Gasteiger partial charge in [-0.2, -0.15) is 17.2 Å². The van der Waals surface area contributed by atoms with Gasteiger partial charge in [-0.05, 0) is 75.0 Å². The van der Waals surface area contributed by atoms with E-state index < -0.39 is 33.4 Å². The Morgan fingerprint density at radius 1 is 0.974 bits per heavy atom. The van der Waals surface area contributed by atoms with Crippen LogP contribution in [0.25, 0.3) is 0 Å². The van der Waals surface area contributed by atoms with Crippen molar-refractivity contribution in [2.75, 3.05) is 19.0 Å². The number of rotatable bonds is 8. The average molecular weight is 611 g/mol. The Bertz CT molecular complexity index is 1050. The SMILES string of the molecule is CC1CC2CCCC(C(=O)OCC3CSC(C4CC5CCCC(C(=O)OCC(F)(F)S(=O)(=O)O)(C5)C4)S3)(C1)C2. The van der Waals surface area contributed by atoms with Crippen molar-refractivity contribution < 1.29 is 40.8 Å². The van der Waals surface area contributed by atoms with E-state index in [1.807, 2.05) is 11.8 Å². The van der Waals surface area contributed by atoms with Crippen molar-refractivity contribution in [3.05, 3.63) is 0 Å². The summed E-state index contributed by atoms with van der Waals surface area (Å²) >= 11 is 3.62. The zero-order valence-corrected chi connectivity index (χ0v) is 24.9. The number of esters is 2. The highest BCUT2D eigenvalue weighted by atomic mass is 32.2. The second kappa shape index (κ2) is 11.2. The van der Waals surface area contributed by atoms with Gasteiger partial charge in [0, 0.05) is 11.0 Å². The van der Waals surface area contributed by atoms with E-state index in [0.717, 1.165) is 50.7 Å². The lowest BCUT2D eigenvalue weighted by molar-refractivity contribution is -0.169. The fourth-order valence-corrected chi connectivity index (χ4v) is 12.0. The average Bonchev–Trinajstić information content (AvgIpc) is 3.33. The smallest absolute Gasteiger partial charge is 0.402 e. The molecule has 4 bridgehead atoms. The summed E-state index contributed by atoms with van der Waals surface area (Å²) in [7, 11) is -5.66. The third-order valence-corrected chi connectivity index (χ3v) is 14.3. The first-order chi connectivity index (χ1) is 18.3. The van der Waals surface area contributed by atoms with Crippen LogP contribution in [0.4, 0.5) is 8.78 Å². The van der Waals surface area contributed by atoms with E-state index in [2.05, 4.69) is 6.92 Å². The lowest BCUT2D eigenvalue weighted by Crippen LogP contribution is -2.46. The van der Waals surface area contributed by atoms with Gasteiger partial charge in [0.25, 0.3) is 0 Å². The second-order valence-electron chi connectivity index (χ2n) is 13.0. The molecule has 0 radical (unpaired) electrons. The molecule has 1 heterocycles. The number of hydrogen-bond acceptors (Lipinski definition) is 8. The Morgan fingerprint density at radius 3 is 2.26 bits per heavy atom. The van der Waals surface area contributed by atoms with Crippen LogP contribution in [0.5, 0.6) is 0 Å². The van der Waals surface area contributed by atoms with E-state index in [1.54, 1.807) is 11.8 Å². The molecule has 0 aromatic heterocycles. The Hall–Kier alpha value is -0.590. The molecule has 8 unspecified atom stereocenters. The van der Waals surface area contributed by atoms with Crippen molar-refractivity contribution in [2.24, 2.45) is 34.5 Å². The van der Waals surface area contributed by atoms with Gasteiger partial charge in [0.15, 0.2) is 6.61 Å². The zero-order chi connectivity index (χ0) is 28.1. The lowest BCUT2D eigenvalue weighted by atomic mass is 9.59. The molecule has 5 rings (SSSR count). The number of hydrogen-bond donors (Lipinski definition) is 1. The van der Waals surface area contributed by atoms with Crippen molar-refractivity contribution in [1.29, 1.82) is 0 Å². The highest BCUT2D eigenvalue weighted by Crippen LogP contribution is 2.57. The summed E-state index contributed by atoms with van der Waals surface area (Å²) < 4.78 is 69.1. The molecular weight excluding hydrogens is 570 g/mol. The van der Waals surface area contributed by atoms with Crippen LogP contribution in [0.3, 0.4) is 0 Å². The van der Waals surface area contributed by atoms with Crippen molar-refractivity contribution in [1.82, 2.24) is 0 Å². The van der Waals surface area contributed by atoms with Crippen LogP contribution in [-0.2, 0) is 29.2 Å². The van der Waals surface area contributed by atoms with Gasteiger partial charge >= 0.3 is 27.3 Å². The van der Waals surface area contributed by atoms with Gasteiger partial charge in [0.05, 0.1) is 15.4 Å². The number of halogens is 2. The quantitative estimate of drug-likeness (QED) is 0.265. The lowest BCUT2D eigenvalue weighted by Gasteiger charge is -2.47. The Labute approximate surface area is 238 Å². The van der Waals surface area contributed by atoms with Crippen molar-refractivity contribution in [3.63, 3.8) is 0 Å². The van der Waals surface area contributed by atoms with Crippen LogP contribution in [0, 0.1) is 34.5 Å². The molecule has 4 saturated carbocycles. The van der Waals surface area contributed by atoms with Crippen molar-refractivity contribution in [3.8, 4) is 0 Å². The van der Waals surface area contributed by atoms with Gasteiger partial charge in [-0.15, -0.1) is 23.5 Å². The number of carbonyl (C=O) groups is 2. The van der Waals surface area contributed by atoms with E-state index in [1.165, 1.54) is 12.8 Å². The van der Waals surface area contributed by atoms with Crippen LogP contribution in [0.2, 0.25) is 0 Å².